The molecule has 0 aliphatic rings. The summed E-state index contributed by atoms with van der Waals surface area (Å²) in [6.07, 6.45) is 1.70. The average Bonchev–Trinajstić information content (AvgIpc) is 2.99. The second-order valence-electron chi connectivity index (χ2n) is 9.47. The van der Waals surface area contributed by atoms with E-state index in [4.69, 9.17) is 21.1 Å². The van der Waals surface area contributed by atoms with E-state index in [0.29, 0.717) is 17.3 Å². The van der Waals surface area contributed by atoms with Crippen molar-refractivity contribution >= 4 is 55.1 Å². The number of hydrogen-bond acceptors (Lipinski definition) is 6. The van der Waals surface area contributed by atoms with Crippen LogP contribution in [0.5, 0.6) is 11.5 Å². The van der Waals surface area contributed by atoms with E-state index in [-0.39, 0.29) is 28.8 Å². The van der Waals surface area contributed by atoms with Gasteiger partial charge < -0.3 is 19.7 Å². The van der Waals surface area contributed by atoms with Crippen molar-refractivity contribution in [3.63, 3.8) is 0 Å². The van der Waals surface area contributed by atoms with Gasteiger partial charge in [-0.2, -0.15) is 0 Å². The molecular formula is C30H35BrClN3O6S. The number of benzene rings is 3. The van der Waals surface area contributed by atoms with Gasteiger partial charge in [-0.1, -0.05) is 53.0 Å². The number of methoxy groups -OCH3 is 2. The lowest BCUT2D eigenvalue weighted by molar-refractivity contribution is -0.139. The minimum absolute atomic E-state index is 0.0966. The van der Waals surface area contributed by atoms with Crippen molar-refractivity contribution in [2.24, 2.45) is 0 Å². The Hall–Kier alpha value is -3.28. The van der Waals surface area contributed by atoms with Crippen molar-refractivity contribution < 1.29 is 27.5 Å². The van der Waals surface area contributed by atoms with Gasteiger partial charge in [-0.05, 0) is 67.4 Å². The third-order valence-corrected chi connectivity index (χ3v) is 9.15. The largest absolute Gasteiger partial charge is 0.493 e. The highest BCUT2D eigenvalue weighted by molar-refractivity contribution is 9.10. The van der Waals surface area contributed by atoms with Gasteiger partial charge in [-0.15, -0.1) is 0 Å². The van der Waals surface area contributed by atoms with Crippen molar-refractivity contribution in [2.45, 2.75) is 44.2 Å². The van der Waals surface area contributed by atoms with E-state index in [1.54, 1.807) is 19.1 Å². The lowest BCUT2D eigenvalue weighted by Gasteiger charge is -2.32. The molecular weight excluding hydrogens is 646 g/mol. The number of sulfonamides is 1. The first-order chi connectivity index (χ1) is 20.0. The number of amides is 2. The van der Waals surface area contributed by atoms with E-state index in [9.17, 15) is 18.0 Å². The lowest BCUT2D eigenvalue weighted by atomic mass is 10.1. The fraction of sp³-hybridized carbons (Fsp3) is 0.333. The molecule has 12 heteroatoms. The van der Waals surface area contributed by atoms with Gasteiger partial charge in [0.2, 0.25) is 11.8 Å². The Morgan fingerprint density at radius 2 is 1.62 bits per heavy atom. The maximum atomic E-state index is 14.1. The molecule has 0 aromatic heterocycles. The third-order valence-electron chi connectivity index (χ3n) is 6.60. The molecule has 0 bridgehead atoms. The zero-order valence-corrected chi connectivity index (χ0v) is 27.1. The van der Waals surface area contributed by atoms with Crippen LogP contribution in [0.2, 0.25) is 5.02 Å². The second kappa shape index (κ2) is 15.3. The summed E-state index contributed by atoms with van der Waals surface area (Å²) >= 11 is 9.50. The maximum absolute atomic E-state index is 14.1. The standard InChI is InChI=1S/C30H35BrClN3O6S/c1-5-6-17-33-30(37)21(2)34(19-22-7-9-23(31)10-8-22)29(36)20-35(25-13-11-24(32)12-14-25)42(38,39)26-15-16-27(40-3)28(18-26)41-4/h7-16,18,21H,5-6,17,19-20H2,1-4H3,(H,33,37)/t21-/m1/s1. The summed E-state index contributed by atoms with van der Waals surface area (Å²) in [5.74, 6) is -0.311. The van der Waals surface area contributed by atoms with Crippen LogP contribution < -0.4 is 19.1 Å². The molecule has 226 valence electrons. The van der Waals surface area contributed by atoms with Crippen molar-refractivity contribution in [1.82, 2.24) is 10.2 Å². The van der Waals surface area contributed by atoms with Gasteiger partial charge in [0.1, 0.15) is 12.6 Å². The van der Waals surface area contributed by atoms with Crippen molar-refractivity contribution in [2.75, 3.05) is 31.6 Å². The van der Waals surface area contributed by atoms with Crippen LogP contribution in [-0.2, 0) is 26.2 Å². The molecule has 0 fully saturated rings. The molecule has 3 aromatic rings. The van der Waals surface area contributed by atoms with Gasteiger partial charge in [0.25, 0.3) is 10.0 Å². The third kappa shape index (κ3) is 8.39. The molecule has 3 aromatic carbocycles. The van der Waals surface area contributed by atoms with E-state index in [2.05, 4.69) is 21.2 Å². The van der Waals surface area contributed by atoms with Crippen LogP contribution in [-0.4, -0.2) is 58.5 Å². The molecule has 0 heterocycles. The Morgan fingerprint density at radius 3 is 2.21 bits per heavy atom. The lowest BCUT2D eigenvalue weighted by Crippen LogP contribution is -2.51. The first-order valence-corrected chi connectivity index (χ1v) is 15.9. The summed E-state index contributed by atoms with van der Waals surface area (Å²) in [6.45, 7) is 3.65. The van der Waals surface area contributed by atoms with E-state index in [1.807, 2.05) is 31.2 Å². The summed E-state index contributed by atoms with van der Waals surface area (Å²) < 4.78 is 40.6. The fourth-order valence-corrected chi connectivity index (χ4v) is 5.97. The van der Waals surface area contributed by atoms with Gasteiger partial charge in [0, 0.05) is 28.7 Å². The number of anilines is 1. The smallest absolute Gasteiger partial charge is 0.264 e. The quantitative estimate of drug-likeness (QED) is 0.221. The topological polar surface area (TPSA) is 105 Å². The highest BCUT2D eigenvalue weighted by Crippen LogP contribution is 2.32. The van der Waals surface area contributed by atoms with E-state index in [1.165, 1.54) is 49.5 Å². The average molecular weight is 681 g/mol. The van der Waals surface area contributed by atoms with Gasteiger partial charge in [0.05, 0.1) is 24.8 Å². The van der Waals surface area contributed by atoms with Gasteiger partial charge >= 0.3 is 0 Å². The Labute approximate surface area is 260 Å². The van der Waals surface area contributed by atoms with E-state index in [0.717, 1.165) is 27.2 Å². The zero-order chi connectivity index (χ0) is 30.9. The molecule has 1 N–H and O–H groups in total. The number of unbranched alkanes of at least 4 members (excludes halogenated alkanes) is 1. The summed E-state index contributed by atoms with van der Waals surface area (Å²) in [4.78, 5) is 28.4. The summed E-state index contributed by atoms with van der Waals surface area (Å²) in [7, 11) is -1.44. The Bertz CT molecular complexity index is 1470. The molecule has 0 saturated carbocycles. The molecule has 9 nitrogen and oxygen atoms in total. The predicted molar refractivity (Wildman–Crippen MR) is 168 cm³/mol. The Kier molecular flexibility index (Phi) is 12.1. The number of rotatable bonds is 14. The SMILES string of the molecule is CCCCNC(=O)[C@@H](C)N(Cc1ccc(Br)cc1)C(=O)CN(c1ccc(Cl)cc1)S(=O)(=O)c1ccc(OC)c(OC)c1. The summed E-state index contributed by atoms with van der Waals surface area (Å²) in [5, 5.41) is 3.28. The molecule has 0 aliphatic carbocycles. The van der Waals surface area contributed by atoms with Gasteiger partial charge in [0.15, 0.2) is 11.5 Å². The molecule has 1 atom stereocenters. The first-order valence-electron chi connectivity index (χ1n) is 13.3. The minimum atomic E-state index is -4.29. The molecule has 0 unspecified atom stereocenters. The van der Waals surface area contributed by atoms with Crippen LogP contribution in [0.1, 0.15) is 32.3 Å². The number of carbonyl (C=O) groups is 2. The van der Waals surface area contributed by atoms with E-state index < -0.39 is 28.5 Å². The van der Waals surface area contributed by atoms with Crippen LogP contribution in [0, 0.1) is 0 Å². The Balaban J connectivity index is 2.03. The summed E-state index contributed by atoms with van der Waals surface area (Å²) in [5.41, 5.74) is 1.01. The highest BCUT2D eigenvalue weighted by atomic mass is 79.9. The van der Waals surface area contributed by atoms with Crippen molar-refractivity contribution in [3.05, 3.63) is 81.8 Å². The van der Waals surface area contributed by atoms with Gasteiger partial charge in [-0.25, -0.2) is 8.42 Å². The molecule has 0 aliphatic heterocycles. The normalized spacial score (nSPS) is 11.9. The van der Waals surface area contributed by atoms with Crippen LogP contribution in [0.15, 0.2) is 76.1 Å². The fourth-order valence-electron chi connectivity index (χ4n) is 4.15. The molecule has 3 rings (SSSR count). The van der Waals surface area contributed by atoms with Crippen molar-refractivity contribution in [1.29, 1.82) is 0 Å². The minimum Gasteiger partial charge on any atom is -0.493 e. The monoisotopic (exact) mass is 679 g/mol. The molecule has 0 saturated heterocycles. The van der Waals surface area contributed by atoms with E-state index >= 15 is 0 Å². The first kappa shape index (κ1) is 33.2. The van der Waals surface area contributed by atoms with Crippen LogP contribution in [0.25, 0.3) is 0 Å². The molecule has 0 radical (unpaired) electrons. The van der Waals surface area contributed by atoms with Crippen molar-refractivity contribution in [3.8, 4) is 11.5 Å². The van der Waals surface area contributed by atoms with Crippen LogP contribution >= 0.6 is 27.5 Å². The number of nitrogens with zero attached hydrogens (tertiary/aromatic N) is 2. The molecule has 0 spiro atoms. The second-order valence-corrected chi connectivity index (χ2v) is 12.7. The number of hydrogen-bond donors (Lipinski definition) is 1. The highest BCUT2D eigenvalue weighted by Gasteiger charge is 2.33. The number of halogens is 2. The number of ether oxygens (including phenoxy) is 2. The zero-order valence-electron chi connectivity index (χ0n) is 24.0. The van der Waals surface area contributed by atoms with Gasteiger partial charge in [-0.3, -0.25) is 13.9 Å². The Morgan fingerprint density at radius 1 is 0.976 bits per heavy atom. The number of carbonyl (C=O) groups excluding carboxylic acids is 2. The molecule has 2 amide bonds. The number of nitrogens with one attached hydrogen (secondary N) is 1. The molecule has 42 heavy (non-hydrogen) atoms. The van der Waals surface area contributed by atoms with Crippen LogP contribution in [0.3, 0.4) is 0 Å². The van der Waals surface area contributed by atoms with Crippen LogP contribution in [0.4, 0.5) is 5.69 Å². The summed E-state index contributed by atoms with van der Waals surface area (Å²) in [6, 6.07) is 16.8. The predicted octanol–water partition coefficient (Wildman–Crippen LogP) is 5.65. The maximum Gasteiger partial charge on any atom is 0.264 e.